The van der Waals surface area contributed by atoms with Crippen molar-refractivity contribution in [3.8, 4) is 5.88 Å². The van der Waals surface area contributed by atoms with Gasteiger partial charge in [0.25, 0.3) is 0 Å². The van der Waals surface area contributed by atoms with E-state index in [0.717, 1.165) is 36.9 Å². The molecule has 0 saturated heterocycles. The first-order valence-electron chi connectivity index (χ1n) is 5.87. The molecule has 0 aliphatic carbocycles. The highest BCUT2D eigenvalue weighted by atomic mass is 16.5. The minimum absolute atomic E-state index is 0.463. The number of rotatable bonds is 6. The van der Waals surface area contributed by atoms with Gasteiger partial charge in [-0.25, -0.2) is 4.68 Å². The molecule has 1 aromatic heterocycles. The van der Waals surface area contributed by atoms with Crippen LogP contribution in [0.3, 0.4) is 0 Å². The zero-order chi connectivity index (χ0) is 12.1. The molecular formula is C12H22N2O2. The van der Waals surface area contributed by atoms with Gasteiger partial charge in [-0.05, 0) is 13.3 Å². The number of nitrogens with zero attached hydrogens (tertiary/aromatic N) is 2. The van der Waals surface area contributed by atoms with Crippen molar-refractivity contribution >= 4 is 0 Å². The number of hydrogen-bond donors (Lipinski definition) is 1. The van der Waals surface area contributed by atoms with Crippen LogP contribution in [0, 0.1) is 6.92 Å². The Morgan fingerprint density at radius 3 is 2.69 bits per heavy atom. The van der Waals surface area contributed by atoms with E-state index in [1.807, 2.05) is 14.0 Å². The molecular weight excluding hydrogens is 204 g/mol. The Bertz CT molecular complexity index is 334. The third-order valence-corrected chi connectivity index (χ3v) is 2.82. The molecule has 4 heteroatoms. The van der Waals surface area contributed by atoms with Crippen LogP contribution >= 0.6 is 0 Å². The highest BCUT2D eigenvalue weighted by Gasteiger charge is 2.20. The first-order chi connectivity index (χ1) is 7.61. The molecule has 0 aliphatic heterocycles. The lowest BCUT2D eigenvalue weighted by molar-refractivity contribution is 0.158. The van der Waals surface area contributed by atoms with Gasteiger partial charge in [0, 0.05) is 7.05 Å². The highest BCUT2D eigenvalue weighted by Crippen LogP contribution is 2.30. The lowest BCUT2D eigenvalue weighted by Crippen LogP contribution is -2.02. The van der Waals surface area contributed by atoms with E-state index in [4.69, 9.17) is 4.74 Å². The minimum atomic E-state index is -0.463. The summed E-state index contributed by atoms with van der Waals surface area (Å²) < 4.78 is 6.94. The van der Waals surface area contributed by atoms with Gasteiger partial charge in [0.05, 0.1) is 24.5 Å². The molecule has 0 fully saturated rings. The summed E-state index contributed by atoms with van der Waals surface area (Å²) in [6, 6.07) is 0. The molecule has 0 bridgehead atoms. The third-order valence-electron chi connectivity index (χ3n) is 2.82. The second kappa shape index (κ2) is 5.89. The molecule has 0 aliphatic rings. The lowest BCUT2D eigenvalue weighted by atomic mass is 10.0. The summed E-state index contributed by atoms with van der Waals surface area (Å²) >= 11 is 0. The number of aliphatic hydroxyl groups excluding tert-OH is 1. The van der Waals surface area contributed by atoms with Crippen LogP contribution in [0.15, 0.2) is 0 Å². The van der Waals surface area contributed by atoms with Crippen molar-refractivity contribution in [1.82, 2.24) is 9.78 Å². The van der Waals surface area contributed by atoms with Gasteiger partial charge in [0.1, 0.15) is 0 Å². The van der Waals surface area contributed by atoms with Crippen molar-refractivity contribution in [3.05, 3.63) is 11.3 Å². The van der Waals surface area contributed by atoms with Gasteiger partial charge in [-0.15, -0.1) is 0 Å². The molecule has 16 heavy (non-hydrogen) atoms. The van der Waals surface area contributed by atoms with E-state index in [1.54, 1.807) is 11.8 Å². The Balaban J connectivity index is 2.77. The summed E-state index contributed by atoms with van der Waals surface area (Å²) in [5.74, 6) is 0.668. The summed E-state index contributed by atoms with van der Waals surface area (Å²) in [4.78, 5) is 0. The predicted molar refractivity (Wildman–Crippen MR) is 63.6 cm³/mol. The maximum atomic E-state index is 10.1. The molecule has 1 rings (SSSR count). The van der Waals surface area contributed by atoms with Crippen LogP contribution in [-0.2, 0) is 7.05 Å². The normalized spacial score (nSPS) is 12.8. The van der Waals surface area contributed by atoms with Crippen LogP contribution in [-0.4, -0.2) is 22.0 Å². The summed E-state index contributed by atoms with van der Waals surface area (Å²) in [7, 11) is 3.44. The number of hydrogen-bond acceptors (Lipinski definition) is 3. The van der Waals surface area contributed by atoms with Crippen LogP contribution in [0.2, 0.25) is 0 Å². The Morgan fingerprint density at radius 1 is 1.44 bits per heavy atom. The van der Waals surface area contributed by atoms with Crippen LogP contribution in [0.5, 0.6) is 5.88 Å². The van der Waals surface area contributed by atoms with E-state index in [-0.39, 0.29) is 0 Å². The van der Waals surface area contributed by atoms with Crippen molar-refractivity contribution in [2.45, 2.75) is 45.6 Å². The topological polar surface area (TPSA) is 47.3 Å². The standard InChI is InChI=1S/C12H22N2O2/c1-5-6-7-8-10(15)11-9(2)13-14(3)12(11)16-4/h10,15H,5-8H2,1-4H3. The van der Waals surface area contributed by atoms with Crippen LogP contribution in [0.4, 0.5) is 0 Å². The zero-order valence-corrected chi connectivity index (χ0v) is 10.7. The van der Waals surface area contributed by atoms with E-state index < -0.39 is 6.10 Å². The Labute approximate surface area is 97.2 Å². The van der Waals surface area contributed by atoms with Crippen molar-refractivity contribution in [3.63, 3.8) is 0 Å². The van der Waals surface area contributed by atoms with Crippen LogP contribution < -0.4 is 4.74 Å². The van der Waals surface area contributed by atoms with Crippen molar-refractivity contribution < 1.29 is 9.84 Å². The van der Waals surface area contributed by atoms with Crippen molar-refractivity contribution in [1.29, 1.82) is 0 Å². The van der Waals surface area contributed by atoms with E-state index in [1.165, 1.54) is 0 Å². The van der Waals surface area contributed by atoms with Crippen molar-refractivity contribution in [2.24, 2.45) is 7.05 Å². The average molecular weight is 226 g/mol. The van der Waals surface area contributed by atoms with Gasteiger partial charge in [-0.2, -0.15) is 5.10 Å². The maximum absolute atomic E-state index is 10.1. The van der Waals surface area contributed by atoms with Crippen LogP contribution in [0.25, 0.3) is 0 Å². The van der Waals surface area contributed by atoms with Crippen LogP contribution in [0.1, 0.15) is 50.0 Å². The van der Waals surface area contributed by atoms with E-state index >= 15 is 0 Å². The molecule has 1 unspecified atom stereocenters. The molecule has 1 atom stereocenters. The smallest absolute Gasteiger partial charge is 0.217 e. The number of methoxy groups -OCH3 is 1. The number of aryl methyl sites for hydroxylation is 2. The fourth-order valence-corrected chi connectivity index (χ4v) is 2.01. The van der Waals surface area contributed by atoms with E-state index in [0.29, 0.717) is 5.88 Å². The first-order valence-corrected chi connectivity index (χ1v) is 5.87. The fraction of sp³-hybridized carbons (Fsp3) is 0.750. The molecule has 4 nitrogen and oxygen atoms in total. The summed E-state index contributed by atoms with van der Waals surface area (Å²) in [6.45, 7) is 4.06. The second-order valence-corrected chi connectivity index (χ2v) is 4.14. The van der Waals surface area contributed by atoms with Gasteiger partial charge < -0.3 is 9.84 Å². The highest BCUT2D eigenvalue weighted by molar-refractivity contribution is 5.33. The van der Waals surface area contributed by atoms with Gasteiger partial charge in [-0.1, -0.05) is 26.2 Å². The first kappa shape index (κ1) is 13.0. The molecule has 0 spiro atoms. The molecule has 0 amide bonds. The molecule has 0 saturated carbocycles. The maximum Gasteiger partial charge on any atom is 0.217 e. The number of unbranched alkanes of at least 4 members (excludes halogenated alkanes) is 2. The fourth-order valence-electron chi connectivity index (χ4n) is 2.01. The quantitative estimate of drug-likeness (QED) is 0.757. The van der Waals surface area contributed by atoms with E-state index in [9.17, 15) is 5.11 Å². The van der Waals surface area contributed by atoms with E-state index in [2.05, 4.69) is 12.0 Å². The Kier molecular flexibility index (Phi) is 4.80. The summed E-state index contributed by atoms with van der Waals surface area (Å²) in [5.41, 5.74) is 1.68. The minimum Gasteiger partial charge on any atom is -0.481 e. The monoisotopic (exact) mass is 226 g/mol. The SMILES string of the molecule is CCCCCC(O)c1c(C)nn(C)c1OC. The average Bonchev–Trinajstić information content (AvgIpc) is 2.53. The largest absolute Gasteiger partial charge is 0.481 e. The number of aromatic nitrogens is 2. The van der Waals surface area contributed by atoms with Gasteiger partial charge >= 0.3 is 0 Å². The molecule has 1 aromatic rings. The number of aliphatic hydroxyl groups is 1. The Morgan fingerprint density at radius 2 is 2.12 bits per heavy atom. The number of ether oxygens (including phenoxy) is 1. The Hall–Kier alpha value is -1.03. The second-order valence-electron chi connectivity index (χ2n) is 4.14. The third kappa shape index (κ3) is 2.76. The lowest BCUT2D eigenvalue weighted by Gasteiger charge is -2.11. The molecule has 1 N–H and O–H groups in total. The van der Waals surface area contributed by atoms with Gasteiger partial charge in [0.15, 0.2) is 0 Å². The van der Waals surface area contributed by atoms with Gasteiger partial charge in [-0.3, -0.25) is 0 Å². The summed E-state index contributed by atoms with van der Waals surface area (Å²) in [5, 5.41) is 14.4. The zero-order valence-electron chi connectivity index (χ0n) is 10.7. The molecule has 92 valence electrons. The van der Waals surface area contributed by atoms with Gasteiger partial charge in [0.2, 0.25) is 5.88 Å². The predicted octanol–water partition coefficient (Wildman–Crippen LogP) is 2.35. The van der Waals surface area contributed by atoms with Crippen molar-refractivity contribution in [2.75, 3.05) is 7.11 Å². The summed E-state index contributed by atoms with van der Waals surface area (Å²) in [6.07, 6.45) is 3.66. The molecule has 1 heterocycles. The molecule has 0 aromatic carbocycles. The molecule has 0 radical (unpaired) electrons.